The van der Waals surface area contributed by atoms with Crippen molar-refractivity contribution < 1.29 is 18.7 Å². The number of amides is 2. The highest BCUT2D eigenvalue weighted by molar-refractivity contribution is 6.01. The first kappa shape index (κ1) is 21.6. The number of nitrogens with zero attached hydrogens (tertiary/aromatic N) is 1. The lowest BCUT2D eigenvalue weighted by atomic mass is 9.95. The second kappa shape index (κ2) is 9.64. The number of halogens is 1. The first-order valence-corrected chi connectivity index (χ1v) is 10.7. The summed E-state index contributed by atoms with van der Waals surface area (Å²) < 4.78 is 19.9. The predicted octanol–water partition coefficient (Wildman–Crippen LogP) is 5.19. The van der Waals surface area contributed by atoms with E-state index in [9.17, 15) is 14.0 Å². The molecule has 1 atom stereocenters. The van der Waals surface area contributed by atoms with Crippen LogP contribution in [0.5, 0.6) is 5.75 Å². The van der Waals surface area contributed by atoms with Crippen LogP contribution in [0.4, 0.5) is 10.1 Å². The Balaban J connectivity index is 1.72. The van der Waals surface area contributed by atoms with Crippen molar-refractivity contribution in [3.8, 4) is 5.75 Å². The molecular formula is C26H25FN2O3. The monoisotopic (exact) mass is 432 g/mol. The molecule has 3 aromatic carbocycles. The van der Waals surface area contributed by atoms with Gasteiger partial charge in [0.15, 0.2) is 0 Å². The van der Waals surface area contributed by atoms with Gasteiger partial charge in [-0.25, -0.2) is 4.39 Å². The normalized spacial score (nSPS) is 15.5. The summed E-state index contributed by atoms with van der Waals surface area (Å²) >= 11 is 0. The van der Waals surface area contributed by atoms with E-state index in [1.807, 2.05) is 30.3 Å². The zero-order valence-electron chi connectivity index (χ0n) is 17.9. The van der Waals surface area contributed by atoms with Gasteiger partial charge in [-0.05, 0) is 54.4 Å². The Morgan fingerprint density at radius 3 is 2.56 bits per heavy atom. The number of hydrogen-bond donors (Lipinski definition) is 1. The summed E-state index contributed by atoms with van der Waals surface area (Å²) in [6.07, 6.45) is 1.99. The number of carbonyl (C=O) groups is 2. The van der Waals surface area contributed by atoms with Gasteiger partial charge in [0, 0.05) is 16.8 Å². The van der Waals surface area contributed by atoms with Crippen LogP contribution in [-0.2, 0) is 4.79 Å². The summed E-state index contributed by atoms with van der Waals surface area (Å²) in [7, 11) is 0. The van der Waals surface area contributed by atoms with Gasteiger partial charge < -0.3 is 15.0 Å². The largest absolute Gasteiger partial charge is 0.494 e. The van der Waals surface area contributed by atoms with E-state index in [1.165, 1.54) is 23.1 Å². The molecular weight excluding hydrogens is 407 g/mol. The van der Waals surface area contributed by atoms with E-state index in [2.05, 4.69) is 12.2 Å². The van der Waals surface area contributed by atoms with Crippen LogP contribution in [0.2, 0.25) is 0 Å². The number of ether oxygens (including phenoxy) is 1. The highest BCUT2D eigenvalue weighted by Gasteiger charge is 2.34. The number of carbonyl (C=O) groups excluding carboxylic acids is 2. The van der Waals surface area contributed by atoms with Crippen LogP contribution in [0.3, 0.4) is 0 Å². The minimum atomic E-state index is -0.617. The fourth-order valence-corrected chi connectivity index (χ4v) is 3.86. The van der Waals surface area contributed by atoms with E-state index in [4.69, 9.17) is 4.74 Å². The van der Waals surface area contributed by atoms with Crippen LogP contribution in [0.1, 0.15) is 47.3 Å². The maximum Gasteiger partial charge on any atom is 0.255 e. The lowest BCUT2D eigenvalue weighted by Crippen LogP contribution is -2.39. The number of fused-ring (bicyclic) bond motifs is 1. The topological polar surface area (TPSA) is 58.6 Å². The van der Waals surface area contributed by atoms with Crippen molar-refractivity contribution in [2.45, 2.75) is 25.8 Å². The quantitative estimate of drug-likeness (QED) is 0.546. The minimum Gasteiger partial charge on any atom is -0.494 e. The molecule has 0 aromatic heterocycles. The second-order valence-electron chi connectivity index (χ2n) is 7.75. The molecule has 1 N–H and O–H groups in total. The van der Waals surface area contributed by atoms with E-state index < -0.39 is 11.9 Å². The van der Waals surface area contributed by atoms with Crippen molar-refractivity contribution in [1.29, 1.82) is 0 Å². The summed E-state index contributed by atoms with van der Waals surface area (Å²) in [5.41, 5.74) is 2.26. The highest BCUT2D eigenvalue weighted by Crippen LogP contribution is 2.37. The van der Waals surface area contributed by atoms with Gasteiger partial charge in [-0.3, -0.25) is 9.59 Å². The Morgan fingerprint density at radius 1 is 1.09 bits per heavy atom. The number of anilines is 1. The number of benzene rings is 3. The predicted molar refractivity (Wildman–Crippen MR) is 121 cm³/mol. The molecule has 164 valence electrons. The Bertz CT molecular complexity index is 1100. The number of hydrogen-bond acceptors (Lipinski definition) is 3. The molecule has 5 nitrogen and oxygen atoms in total. The Kier molecular flexibility index (Phi) is 6.50. The van der Waals surface area contributed by atoms with Crippen molar-refractivity contribution in [1.82, 2.24) is 4.90 Å². The first-order chi connectivity index (χ1) is 15.6. The molecule has 0 saturated heterocycles. The van der Waals surface area contributed by atoms with E-state index >= 15 is 0 Å². The smallest absolute Gasteiger partial charge is 0.255 e. The maximum absolute atomic E-state index is 14.2. The summed E-state index contributed by atoms with van der Waals surface area (Å²) in [4.78, 5) is 27.7. The van der Waals surface area contributed by atoms with Gasteiger partial charge in [0.05, 0.1) is 12.6 Å². The van der Waals surface area contributed by atoms with Crippen molar-refractivity contribution in [2.75, 3.05) is 18.5 Å². The molecule has 4 rings (SSSR count). The third kappa shape index (κ3) is 4.64. The van der Waals surface area contributed by atoms with E-state index in [0.29, 0.717) is 29.2 Å². The minimum absolute atomic E-state index is 0.149. The first-order valence-electron chi connectivity index (χ1n) is 10.7. The average Bonchev–Trinajstić information content (AvgIpc) is 2.95. The number of rotatable bonds is 6. The van der Waals surface area contributed by atoms with E-state index in [1.54, 1.807) is 24.3 Å². The van der Waals surface area contributed by atoms with Gasteiger partial charge in [-0.2, -0.15) is 0 Å². The SMILES string of the molecule is CCCCOc1ccc(C(=O)N2CC(=O)Nc3ccc(F)cc3[C@H]2c2ccccc2)cc1. The Morgan fingerprint density at radius 2 is 1.84 bits per heavy atom. The lowest BCUT2D eigenvalue weighted by Gasteiger charge is -2.30. The molecule has 1 aliphatic heterocycles. The fraction of sp³-hybridized carbons (Fsp3) is 0.231. The summed E-state index contributed by atoms with van der Waals surface area (Å²) in [6, 6.07) is 19.8. The third-order valence-electron chi connectivity index (χ3n) is 5.45. The summed E-state index contributed by atoms with van der Waals surface area (Å²) in [5, 5.41) is 2.80. The van der Waals surface area contributed by atoms with Crippen LogP contribution in [0.25, 0.3) is 0 Å². The van der Waals surface area contributed by atoms with E-state index in [0.717, 1.165) is 18.4 Å². The lowest BCUT2D eigenvalue weighted by molar-refractivity contribution is -0.117. The Labute approximate surface area is 186 Å². The molecule has 0 unspecified atom stereocenters. The number of nitrogens with one attached hydrogen (secondary N) is 1. The van der Waals surface area contributed by atoms with Gasteiger partial charge in [0.2, 0.25) is 5.91 Å². The average molecular weight is 432 g/mol. The van der Waals surface area contributed by atoms with Crippen LogP contribution < -0.4 is 10.1 Å². The van der Waals surface area contributed by atoms with Crippen molar-refractivity contribution in [2.24, 2.45) is 0 Å². The molecule has 0 spiro atoms. The van der Waals surface area contributed by atoms with Crippen LogP contribution in [0.15, 0.2) is 72.8 Å². The third-order valence-corrected chi connectivity index (χ3v) is 5.45. The van der Waals surface area contributed by atoms with Crippen LogP contribution >= 0.6 is 0 Å². The highest BCUT2D eigenvalue weighted by atomic mass is 19.1. The molecule has 1 aliphatic rings. The number of unbranched alkanes of at least 4 members (excludes halogenated alkanes) is 1. The molecule has 0 bridgehead atoms. The fourth-order valence-electron chi connectivity index (χ4n) is 3.86. The molecule has 0 aliphatic carbocycles. The molecule has 0 radical (unpaired) electrons. The van der Waals surface area contributed by atoms with Crippen molar-refractivity contribution in [3.63, 3.8) is 0 Å². The van der Waals surface area contributed by atoms with Crippen LogP contribution in [-0.4, -0.2) is 29.9 Å². The molecule has 3 aromatic rings. The van der Waals surface area contributed by atoms with Gasteiger partial charge in [-0.15, -0.1) is 0 Å². The van der Waals surface area contributed by atoms with Gasteiger partial charge in [-0.1, -0.05) is 43.7 Å². The summed E-state index contributed by atoms with van der Waals surface area (Å²) in [6.45, 7) is 2.56. The zero-order valence-corrected chi connectivity index (χ0v) is 17.9. The molecule has 0 fully saturated rings. The molecule has 1 heterocycles. The standard InChI is InChI=1S/C26H25FN2O3/c1-2-3-15-32-21-12-9-19(10-13-21)26(31)29-17-24(30)28-23-14-11-20(27)16-22(23)25(29)18-7-5-4-6-8-18/h4-14,16,25H,2-3,15,17H2,1H3,(H,28,30)/t25-/m1/s1. The maximum atomic E-state index is 14.2. The molecule has 0 saturated carbocycles. The van der Waals surface area contributed by atoms with E-state index in [-0.39, 0.29) is 18.4 Å². The van der Waals surface area contributed by atoms with Crippen molar-refractivity contribution in [3.05, 3.63) is 95.3 Å². The zero-order chi connectivity index (χ0) is 22.5. The van der Waals surface area contributed by atoms with Crippen LogP contribution in [0, 0.1) is 5.82 Å². The van der Waals surface area contributed by atoms with Gasteiger partial charge in [0.25, 0.3) is 5.91 Å². The summed E-state index contributed by atoms with van der Waals surface area (Å²) in [5.74, 6) is -0.382. The second-order valence-corrected chi connectivity index (χ2v) is 7.75. The van der Waals surface area contributed by atoms with Gasteiger partial charge >= 0.3 is 0 Å². The Hall–Kier alpha value is -3.67. The van der Waals surface area contributed by atoms with Crippen molar-refractivity contribution >= 4 is 17.5 Å². The molecule has 32 heavy (non-hydrogen) atoms. The molecule has 2 amide bonds. The van der Waals surface area contributed by atoms with Gasteiger partial charge in [0.1, 0.15) is 18.1 Å². The molecule has 6 heteroatoms.